The fraction of sp³-hybridized carbons (Fsp3) is 0.929. The van der Waals surface area contributed by atoms with Crippen molar-refractivity contribution in [1.82, 2.24) is 5.32 Å². The Morgan fingerprint density at radius 1 is 1.35 bits per heavy atom. The molecule has 2 fully saturated rings. The molecular formula is C14H26N2O. The second-order valence-corrected chi connectivity index (χ2v) is 5.96. The summed E-state index contributed by atoms with van der Waals surface area (Å²) >= 11 is 0. The molecule has 98 valence electrons. The lowest BCUT2D eigenvalue weighted by Crippen LogP contribution is -2.44. The predicted octanol–water partition coefficient (Wildman–Crippen LogP) is 2.06. The first-order valence-electron chi connectivity index (χ1n) is 7.18. The Morgan fingerprint density at radius 2 is 2.12 bits per heavy atom. The molecule has 3 nitrogen and oxygen atoms in total. The molecule has 0 heterocycles. The van der Waals surface area contributed by atoms with Gasteiger partial charge in [-0.2, -0.15) is 0 Å². The zero-order valence-corrected chi connectivity index (χ0v) is 11.0. The van der Waals surface area contributed by atoms with Crippen molar-refractivity contribution in [1.29, 1.82) is 0 Å². The first kappa shape index (κ1) is 12.9. The van der Waals surface area contributed by atoms with E-state index in [0.717, 1.165) is 19.4 Å². The Labute approximate surface area is 105 Å². The van der Waals surface area contributed by atoms with Crippen LogP contribution in [0.4, 0.5) is 0 Å². The van der Waals surface area contributed by atoms with E-state index in [1.54, 1.807) is 0 Å². The van der Waals surface area contributed by atoms with Gasteiger partial charge < -0.3 is 11.1 Å². The predicted molar refractivity (Wildman–Crippen MR) is 69.5 cm³/mol. The highest BCUT2D eigenvalue weighted by Crippen LogP contribution is 2.43. The Morgan fingerprint density at radius 3 is 2.65 bits per heavy atom. The van der Waals surface area contributed by atoms with E-state index in [-0.39, 0.29) is 11.8 Å². The molecular weight excluding hydrogens is 212 g/mol. The van der Waals surface area contributed by atoms with Gasteiger partial charge in [0.25, 0.3) is 0 Å². The lowest BCUT2D eigenvalue weighted by atomic mass is 9.67. The number of amides is 1. The molecule has 2 aliphatic rings. The highest BCUT2D eigenvalue weighted by molar-refractivity contribution is 5.79. The van der Waals surface area contributed by atoms with Crippen LogP contribution in [0.2, 0.25) is 0 Å². The normalized spacial score (nSPS) is 30.9. The Balaban J connectivity index is 1.80. The van der Waals surface area contributed by atoms with Crippen LogP contribution < -0.4 is 11.1 Å². The Kier molecular flexibility index (Phi) is 4.08. The van der Waals surface area contributed by atoms with Gasteiger partial charge in [-0.05, 0) is 50.0 Å². The SMILES string of the molecule is CCC1(CNC(=O)C2CCCC2CN)CCC1. The molecule has 1 amide bonds. The fourth-order valence-corrected chi connectivity index (χ4v) is 3.40. The molecule has 2 rings (SSSR count). The van der Waals surface area contributed by atoms with Gasteiger partial charge in [0.15, 0.2) is 0 Å². The number of nitrogens with one attached hydrogen (secondary N) is 1. The van der Waals surface area contributed by atoms with Crippen molar-refractivity contribution in [2.75, 3.05) is 13.1 Å². The van der Waals surface area contributed by atoms with Crippen LogP contribution in [-0.4, -0.2) is 19.0 Å². The Bertz CT molecular complexity index is 268. The molecule has 17 heavy (non-hydrogen) atoms. The molecule has 0 aliphatic heterocycles. The van der Waals surface area contributed by atoms with E-state index < -0.39 is 0 Å². The minimum Gasteiger partial charge on any atom is -0.355 e. The van der Waals surface area contributed by atoms with Crippen LogP contribution in [0.1, 0.15) is 51.9 Å². The lowest BCUT2D eigenvalue weighted by molar-refractivity contribution is -0.126. The quantitative estimate of drug-likeness (QED) is 0.770. The zero-order chi connectivity index (χ0) is 12.3. The van der Waals surface area contributed by atoms with Gasteiger partial charge in [0.1, 0.15) is 0 Å². The summed E-state index contributed by atoms with van der Waals surface area (Å²) in [6, 6.07) is 0. The van der Waals surface area contributed by atoms with E-state index in [0.29, 0.717) is 17.9 Å². The van der Waals surface area contributed by atoms with Gasteiger partial charge in [0.2, 0.25) is 5.91 Å². The van der Waals surface area contributed by atoms with Crippen LogP contribution >= 0.6 is 0 Å². The number of hydrogen-bond donors (Lipinski definition) is 2. The monoisotopic (exact) mass is 238 g/mol. The molecule has 2 saturated carbocycles. The second kappa shape index (κ2) is 5.38. The van der Waals surface area contributed by atoms with Gasteiger partial charge in [0.05, 0.1) is 0 Å². The molecule has 2 atom stereocenters. The molecule has 2 unspecified atom stereocenters. The van der Waals surface area contributed by atoms with Crippen molar-refractivity contribution in [3.63, 3.8) is 0 Å². The average molecular weight is 238 g/mol. The van der Waals surface area contributed by atoms with Gasteiger partial charge >= 0.3 is 0 Å². The smallest absolute Gasteiger partial charge is 0.223 e. The zero-order valence-electron chi connectivity index (χ0n) is 11.0. The number of carbonyl (C=O) groups is 1. The van der Waals surface area contributed by atoms with Crippen molar-refractivity contribution in [2.45, 2.75) is 51.9 Å². The third-order valence-electron chi connectivity index (χ3n) is 5.10. The third-order valence-corrected chi connectivity index (χ3v) is 5.10. The molecule has 0 spiro atoms. The van der Waals surface area contributed by atoms with Crippen molar-refractivity contribution >= 4 is 5.91 Å². The highest BCUT2D eigenvalue weighted by atomic mass is 16.1. The second-order valence-electron chi connectivity index (χ2n) is 5.96. The van der Waals surface area contributed by atoms with Crippen molar-refractivity contribution in [3.8, 4) is 0 Å². The molecule has 0 saturated heterocycles. The van der Waals surface area contributed by atoms with Crippen LogP contribution in [0.3, 0.4) is 0 Å². The van der Waals surface area contributed by atoms with E-state index in [1.165, 1.54) is 32.1 Å². The van der Waals surface area contributed by atoms with E-state index in [9.17, 15) is 4.79 Å². The molecule has 0 radical (unpaired) electrons. The van der Waals surface area contributed by atoms with Gasteiger partial charge in [-0.1, -0.05) is 19.8 Å². The molecule has 3 heteroatoms. The van der Waals surface area contributed by atoms with Crippen LogP contribution in [0.5, 0.6) is 0 Å². The van der Waals surface area contributed by atoms with Crippen LogP contribution in [0.25, 0.3) is 0 Å². The first-order valence-corrected chi connectivity index (χ1v) is 7.18. The molecule has 0 bridgehead atoms. The van der Waals surface area contributed by atoms with Crippen molar-refractivity contribution < 1.29 is 4.79 Å². The minimum absolute atomic E-state index is 0.189. The van der Waals surface area contributed by atoms with Gasteiger partial charge in [0, 0.05) is 12.5 Å². The summed E-state index contributed by atoms with van der Waals surface area (Å²) in [5.74, 6) is 0.876. The topological polar surface area (TPSA) is 55.1 Å². The van der Waals surface area contributed by atoms with E-state index in [2.05, 4.69) is 12.2 Å². The van der Waals surface area contributed by atoms with Crippen molar-refractivity contribution in [2.24, 2.45) is 23.0 Å². The maximum absolute atomic E-state index is 12.2. The number of hydrogen-bond acceptors (Lipinski definition) is 2. The van der Waals surface area contributed by atoms with Crippen LogP contribution in [-0.2, 0) is 4.79 Å². The summed E-state index contributed by atoms with van der Waals surface area (Å²) in [5, 5.41) is 3.19. The van der Waals surface area contributed by atoms with E-state index in [4.69, 9.17) is 5.73 Å². The molecule has 2 aliphatic carbocycles. The van der Waals surface area contributed by atoms with Crippen LogP contribution in [0.15, 0.2) is 0 Å². The standard InChI is InChI=1S/C14H26N2O/c1-2-14(7-4-8-14)10-16-13(17)12-6-3-5-11(12)9-15/h11-12H,2-10,15H2,1H3,(H,16,17). The fourth-order valence-electron chi connectivity index (χ4n) is 3.40. The summed E-state index contributed by atoms with van der Waals surface area (Å²) in [4.78, 5) is 12.2. The maximum Gasteiger partial charge on any atom is 0.223 e. The summed E-state index contributed by atoms with van der Waals surface area (Å²) in [6.45, 7) is 3.79. The van der Waals surface area contributed by atoms with Gasteiger partial charge in [-0.3, -0.25) is 4.79 Å². The highest BCUT2D eigenvalue weighted by Gasteiger charge is 2.37. The summed E-state index contributed by atoms with van der Waals surface area (Å²) < 4.78 is 0. The summed E-state index contributed by atoms with van der Waals surface area (Å²) in [5.41, 5.74) is 6.15. The molecule has 3 N–H and O–H groups in total. The van der Waals surface area contributed by atoms with Gasteiger partial charge in [-0.25, -0.2) is 0 Å². The number of carbonyl (C=O) groups excluding carboxylic acids is 1. The molecule has 0 aromatic heterocycles. The lowest BCUT2D eigenvalue weighted by Gasteiger charge is -2.41. The maximum atomic E-state index is 12.2. The molecule has 0 aromatic carbocycles. The third kappa shape index (κ3) is 2.65. The Hall–Kier alpha value is -0.570. The largest absolute Gasteiger partial charge is 0.355 e. The van der Waals surface area contributed by atoms with Crippen molar-refractivity contribution in [3.05, 3.63) is 0 Å². The van der Waals surface area contributed by atoms with E-state index >= 15 is 0 Å². The summed E-state index contributed by atoms with van der Waals surface area (Å²) in [6.07, 6.45) is 8.43. The average Bonchev–Trinajstić information content (AvgIpc) is 2.76. The van der Waals surface area contributed by atoms with E-state index in [1.807, 2.05) is 0 Å². The van der Waals surface area contributed by atoms with Gasteiger partial charge in [-0.15, -0.1) is 0 Å². The first-order chi connectivity index (χ1) is 8.21. The number of nitrogens with two attached hydrogens (primary N) is 1. The molecule has 0 aromatic rings. The number of rotatable bonds is 5. The van der Waals surface area contributed by atoms with Crippen LogP contribution in [0, 0.1) is 17.3 Å². The summed E-state index contributed by atoms with van der Waals surface area (Å²) in [7, 11) is 0. The minimum atomic E-state index is 0.189.